The van der Waals surface area contributed by atoms with E-state index in [1.807, 2.05) is 6.92 Å². The standard InChI is InChI=1S/C14H28N2O3/c1-5-10-16(11-13(18)19-4)12(17)6-7-14(2,3)8-9-15/h5-11,15H2,1-4H3. The number of nitrogens with zero attached hydrogens (tertiary/aromatic N) is 1. The van der Waals surface area contributed by atoms with Crippen molar-refractivity contribution in [3.05, 3.63) is 0 Å². The third kappa shape index (κ3) is 7.82. The maximum atomic E-state index is 12.1. The van der Waals surface area contributed by atoms with Crippen LogP contribution in [-0.4, -0.2) is 43.5 Å². The Morgan fingerprint density at radius 1 is 1.26 bits per heavy atom. The Bertz CT molecular complexity index is 290. The number of methoxy groups -OCH3 is 1. The van der Waals surface area contributed by atoms with Crippen molar-refractivity contribution in [3.63, 3.8) is 0 Å². The van der Waals surface area contributed by atoms with Crippen LogP contribution in [0.15, 0.2) is 0 Å². The molecule has 0 atom stereocenters. The van der Waals surface area contributed by atoms with Crippen molar-refractivity contribution in [2.45, 2.75) is 46.5 Å². The highest BCUT2D eigenvalue weighted by atomic mass is 16.5. The van der Waals surface area contributed by atoms with Crippen LogP contribution in [0.4, 0.5) is 0 Å². The summed E-state index contributed by atoms with van der Waals surface area (Å²) in [4.78, 5) is 25.0. The average Bonchev–Trinajstić information content (AvgIpc) is 2.35. The van der Waals surface area contributed by atoms with Crippen LogP contribution in [0.2, 0.25) is 0 Å². The fraction of sp³-hybridized carbons (Fsp3) is 0.857. The predicted octanol–water partition coefficient (Wildman–Crippen LogP) is 1.55. The summed E-state index contributed by atoms with van der Waals surface area (Å²) in [6.07, 6.45) is 2.95. The Hall–Kier alpha value is -1.10. The van der Waals surface area contributed by atoms with Gasteiger partial charge in [0.25, 0.3) is 0 Å². The second kappa shape index (κ2) is 8.91. The highest BCUT2D eigenvalue weighted by molar-refractivity contribution is 5.82. The minimum atomic E-state index is -0.372. The summed E-state index contributed by atoms with van der Waals surface area (Å²) >= 11 is 0. The molecule has 19 heavy (non-hydrogen) atoms. The predicted molar refractivity (Wildman–Crippen MR) is 75.6 cm³/mol. The van der Waals surface area contributed by atoms with Crippen molar-refractivity contribution in [1.82, 2.24) is 4.90 Å². The molecule has 0 aromatic carbocycles. The molecule has 0 aromatic heterocycles. The Morgan fingerprint density at radius 3 is 2.37 bits per heavy atom. The molecule has 0 rings (SSSR count). The summed E-state index contributed by atoms with van der Waals surface area (Å²) in [5, 5.41) is 0. The molecule has 0 saturated heterocycles. The molecule has 0 spiro atoms. The van der Waals surface area contributed by atoms with Crippen molar-refractivity contribution >= 4 is 11.9 Å². The normalized spacial score (nSPS) is 11.2. The molecule has 0 unspecified atom stereocenters. The van der Waals surface area contributed by atoms with E-state index in [-0.39, 0.29) is 23.8 Å². The van der Waals surface area contributed by atoms with E-state index in [2.05, 4.69) is 18.6 Å². The van der Waals surface area contributed by atoms with E-state index >= 15 is 0 Å². The Balaban J connectivity index is 4.36. The van der Waals surface area contributed by atoms with Crippen LogP contribution in [-0.2, 0) is 14.3 Å². The van der Waals surface area contributed by atoms with Crippen LogP contribution < -0.4 is 5.73 Å². The number of carbonyl (C=O) groups is 2. The number of nitrogens with two attached hydrogens (primary N) is 1. The average molecular weight is 272 g/mol. The van der Waals surface area contributed by atoms with Gasteiger partial charge >= 0.3 is 5.97 Å². The van der Waals surface area contributed by atoms with Gasteiger partial charge in [-0.05, 0) is 31.2 Å². The number of hydrogen-bond acceptors (Lipinski definition) is 4. The molecular formula is C14H28N2O3. The number of carbonyl (C=O) groups excluding carboxylic acids is 2. The zero-order valence-corrected chi connectivity index (χ0v) is 12.7. The van der Waals surface area contributed by atoms with Gasteiger partial charge in [-0.1, -0.05) is 20.8 Å². The van der Waals surface area contributed by atoms with Gasteiger partial charge in [0.2, 0.25) is 5.91 Å². The van der Waals surface area contributed by atoms with Crippen molar-refractivity contribution in [2.75, 3.05) is 26.7 Å². The first-order valence-corrected chi connectivity index (χ1v) is 6.91. The largest absolute Gasteiger partial charge is 0.468 e. The molecule has 0 aromatic rings. The second-order valence-corrected chi connectivity index (χ2v) is 5.59. The number of esters is 1. The molecule has 2 N–H and O–H groups in total. The summed E-state index contributed by atoms with van der Waals surface area (Å²) < 4.78 is 4.61. The Morgan fingerprint density at radius 2 is 1.89 bits per heavy atom. The van der Waals surface area contributed by atoms with E-state index in [4.69, 9.17) is 5.73 Å². The van der Waals surface area contributed by atoms with E-state index in [0.717, 1.165) is 19.3 Å². The molecule has 0 heterocycles. The number of hydrogen-bond donors (Lipinski definition) is 1. The highest BCUT2D eigenvalue weighted by Crippen LogP contribution is 2.26. The van der Waals surface area contributed by atoms with Gasteiger partial charge in [-0.2, -0.15) is 0 Å². The molecule has 5 heteroatoms. The zero-order valence-electron chi connectivity index (χ0n) is 12.7. The molecule has 1 amide bonds. The van der Waals surface area contributed by atoms with Crippen molar-refractivity contribution < 1.29 is 14.3 Å². The molecule has 0 aliphatic heterocycles. The molecule has 5 nitrogen and oxygen atoms in total. The summed E-state index contributed by atoms with van der Waals surface area (Å²) in [6.45, 7) is 7.46. The summed E-state index contributed by atoms with van der Waals surface area (Å²) in [7, 11) is 1.33. The van der Waals surface area contributed by atoms with Crippen LogP contribution in [0, 0.1) is 5.41 Å². The van der Waals surface area contributed by atoms with E-state index in [1.54, 1.807) is 4.90 Å². The molecule has 0 fully saturated rings. The Kier molecular flexibility index (Phi) is 8.39. The van der Waals surface area contributed by atoms with Gasteiger partial charge in [0, 0.05) is 13.0 Å². The van der Waals surface area contributed by atoms with Crippen LogP contribution in [0.25, 0.3) is 0 Å². The lowest BCUT2D eigenvalue weighted by molar-refractivity contribution is -0.147. The fourth-order valence-corrected chi connectivity index (χ4v) is 1.90. The first kappa shape index (κ1) is 17.9. The third-order valence-corrected chi connectivity index (χ3v) is 3.23. The lowest BCUT2D eigenvalue weighted by Crippen LogP contribution is -2.37. The molecular weight excluding hydrogens is 244 g/mol. The topological polar surface area (TPSA) is 72.6 Å². The molecule has 0 radical (unpaired) electrons. The monoisotopic (exact) mass is 272 g/mol. The SMILES string of the molecule is CCCN(CC(=O)OC)C(=O)CCC(C)(C)CCN. The van der Waals surface area contributed by atoms with Crippen molar-refractivity contribution in [3.8, 4) is 0 Å². The number of ether oxygens (including phenoxy) is 1. The smallest absolute Gasteiger partial charge is 0.325 e. The molecule has 0 bridgehead atoms. The zero-order chi connectivity index (χ0) is 14.9. The lowest BCUT2D eigenvalue weighted by Gasteiger charge is -2.26. The third-order valence-electron chi connectivity index (χ3n) is 3.23. The van der Waals surface area contributed by atoms with E-state index in [1.165, 1.54) is 7.11 Å². The van der Waals surface area contributed by atoms with E-state index < -0.39 is 0 Å². The summed E-state index contributed by atoms with van der Waals surface area (Å²) in [6, 6.07) is 0. The van der Waals surface area contributed by atoms with Crippen LogP contribution in [0.5, 0.6) is 0 Å². The molecule has 112 valence electrons. The van der Waals surface area contributed by atoms with Gasteiger partial charge in [-0.15, -0.1) is 0 Å². The Labute approximate surface area is 116 Å². The highest BCUT2D eigenvalue weighted by Gasteiger charge is 2.22. The molecule has 0 aliphatic rings. The molecule has 0 aliphatic carbocycles. The fourth-order valence-electron chi connectivity index (χ4n) is 1.90. The van der Waals surface area contributed by atoms with Crippen LogP contribution >= 0.6 is 0 Å². The van der Waals surface area contributed by atoms with E-state index in [9.17, 15) is 9.59 Å². The van der Waals surface area contributed by atoms with E-state index in [0.29, 0.717) is 19.5 Å². The van der Waals surface area contributed by atoms with Gasteiger partial charge in [-0.3, -0.25) is 9.59 Å². The first-order valence-electron chi connectivity index (χ1n) is 6.91. The summed E-state index contributed by atoms with van der Waals surface area (Å²) in [5.41, 5.74) is 5.62. The van der Waals surface area contributed by atoms with Gasteiger partial charge in [-0.25, -0.2) is 0 Å². The van der Waals surface area contributed by atoms with Crippen LogP contribution in [0.1, 0.15) is 46.5 Å². The van der Waals surface area contributed by atoms with Gasteiger partial charge < -0.3 is 15.4 Å². The maximum absolute atomic E-state index is 12.1. The number of amides is 1. The van der Waals surface area contributed by atoms with Crippen molar-refractivity contribution in [2.24, 2.45) is 11.1 Å². The lowest BCUT2D eigenvalue weighted by atomic mass is 9.84. The molecule has 0 saturated carbocycles. The quantitative estimate of drug-likeness (QED) is 0.646. The first-order chi connectivity index (χ1) is 8.86. The maximum Gasteiger partial charge on any atom is 0.325 e. The van der Waals surface area contributed by atoms with Crippen LogP contribution in [0.3, 0.4) is 0 Å². The second-order valence-electron chi connectivity index (χ2n) is 5.59. The van der Waals surface area contributed by atoms with Gasteiger partial charge in [0.05, 0.1) is 7.11 Å². The summed E-state index contributed by atoms with van der Waals surface area (Å²) in [5.74, 6) is -0.361. The van der Waals surface area contributed by atoms with Crippen molar-refractivity contribution in [1.29, 1.82) is 0 Å². The minimum absolute atomic E-state index is 0.0114. The minimum Gasteiger partial charge on any atom is -0.468 e. The van der Waals surface area contributed by atoms with Gasteiger partial charge in [0.1, 0.15) is 6.54 Å². The number of rotatable bonds is 9. The van der Waals surface area contributed by atoms with Gasteiger partial charge in [0.15, 0.2) is 0 Å².